The Morgan fingerprint density at radius 1 is 1.15 bits per heavy atom. The molecule has 0 atom stereocenters. The zero-order chi connectivity index (χ0) is 18.6. The lowest BCUT2D eigenvalue weighted by molar-refractivity contribution is 0.406. The SMILES string of the molecule is COc1cc(C)c(S(=O)(=O)NCCc2ccc(N)cc2)cc1C(C)C.Cl. The van der Waals surface area contributed by atoms with Gasteiger partial charge in [0.1, 0.15) is 5.75 Å². The summed E-state index contributed by atoms with van der Waals surface area (Å²) >= 11 is 0. The van der Waals surface area contributed by atoms with E-state index in [2.05, 4.69) is 4.72 Å². The fourth-order valence-corrected chi connectivity index (χ4v) is 3.98. The molecule has 0 aliphatic carbocycles. The molecular weight excluding hydrogens is 372 g/mol. The molecule has 0 aliphatic rings. The van der Waals surface area contributed by atoms with E-state index in [0.29, 0.717) is 34.9 Å². The number of nitrogens with one attached hydrogen (secondary N) is 1. The number of nitrogen functional groups attached to an aromatic ring is 1. The molecule has 0 heterocycles. The minimum absolute atomic E-state index is 0. The van der Waals surface area contributed by atoms with Crippen LogP contribution in [-0.2, 0) is 16.4 Å². The Kier molecular flexibility index (Phi) is 7.93. The van der Waals surface area contributed by atoms with Gasteiger partial charge in [0.2, 0.25) is 10.0 Å². The second-order valence-corrected chi connectivity index (χ2v) is 8.14. The van der Waals surface area contributed by atoms with E-state index < -0.39 is 10.0 Å². The fraction of sp³-hybridized carbons (Fsp3) is 0.368. The Balaban J connectivity index is 0.00000338. The molecule has 0 spiro atoms. The molecule has 0 radical (unpaired) electrons. The monoisotopic (exact) mass is 398 g/mol. The predicted molar refractivity (Wildman–Crippen MR) is 109 cm³/mol. The smallest absolute Gasteiger partial charge is 0.240 e. The zero-order valence-electron chi connectivity index (χ0n) is 15.6. The van der Waals surface area contributed by atoms with E-state index in [4.69, 9.17) is 10.5 Å². The van der Waals surface area contributed by atoms with Crippen LogP contribution in [0.3, 0.4) is 0 Å². The summed E-state index contributed by atoms with van der Waals surface area (Å²) in [6.45, 7) is 6.13. The topological polar surface area (TPSA) is 81.4 Å². The molecule has 0 bridgehead atoms. The molecule has 144 valence electrons. The average Bonchev–Trinajstić information content (AvgIpc) is 2.55. The maximum absolute atomic E-state index is 12.7. The molecule has 7 heteroatoms. The summed E-state index contributed by atoms with van der Waals surface area (Å²) in [5, 5.41) is 0. The number of anilines is 1. The van der Waals surface area contributed by atoms with Gasteiger partial charge in [-0.3, -0.25) is 0 Å². The van der Waals surface area contributed by atoms with Crippen molar-refractivity contribution in [1.29, 1.82) is 0 Å². The highest BCUT2D eigenvalue weighted by molar-refractivity contribution is 7.89. The Labute approximate surface area is 162 Å². The van der Waals surface area contributed by atoms with E-state index in [0.717, 1.165) is 11.1 Å². The van der Waals surface area contributed by atoms with Crippen molar-refractivity contribution in [3.63, 3.8) is 0 Å². The Morgan fingerprint density at radius 3 is 2.31 bits per heavy atom. The van der Waals surface area contributed by atoms with Crippen LogP contribution in [0, 0.1) is 6.92 Å². The van der Waals surface area contributed by atoms with Crippen molar-refractivity contribution in [2.75, 3.05) is 19.4 Å². The lowest BCUT2D eigenvalue weighted by Gasteiger charge is -2.16. The fourth-order valence-electron chi connectivity index (χ4n) is 2.69. The number of ether oxygens (including phenoxy) is 1. The second kappa shape index (κ2) is 9.26. The molecule has 0 unspecified atom stereocenters. The van der Waals surface area contributed by atoms with Crippen molar-refractivity contribution in [3.05, 3.63) is 53.1 Å². The number of sulfonamides is 1. The molecule has 0 saturated carbocycles. The van der Waals surface area contributed by atoms with Crippen LogP contribution in [0.25, 0.3) is 0 Å². The van der Waals surface area contributed by atoms with Crippen LogP contribution >= 0.6 is 12.4 Å². The van der Waals surface area contributed by atoms with E-state index >= 15 is 0 Å². The van der Waals surface area contributed by atoms with Crippen LogP contribution in [0.2, 0.25) is 0 Å². The maximum Gasteiger partial charge on any atom is 0.240 e. The van der Waals surface area contributed by atoms with E-state index in [1.807, 2.05) is 38.1 Å². The van der Waals surface area contributed by atoms with Gasteiger partial charge in [0, 0.05) is 12.2 Å². The third-order valence-corrected chi connectivity index (χ3v) is 5.73. The Bertz CT molecular complexity index is 835. The quantitative estimate of drug-likeness (QED) is 0.697. The van der Waals surface area contributed by atoms with Gasteiger partial charge in [0.05, 0.1) is 12.0 Å². The van der Waals surface area contributed by atoms with Crippen molar-refractivity contribution in [1.82, 2.24) is 4.72 Å². The van der Waals surface area contributed by atoms with Gasteiger partial charge in [0.15, 0.2) is 0 Å². The molecule has 5 nitrogen and oxygen atoms in total. The number of rotatable bonds is 7. The van der Waals surface area contributed by atoms with Crippen LogP contribution in [-0.4, -0.2) is 22.1 Å². The first-order valence-electron chi connectivity index (χ1n) is 8.27. The summed E-state index contributed by atoms with van der Waals surface area (Å²) in [6, 6.07) is 10.9. The standard InChI is InChI=1S/C19H26N2O3S.ClH/c1-13(2)17-12-19(14(3)11-18(17)24-4)25(22,23)21-10-9-15-5-7-16(20)8-6-15;/h5-8,11-13,21H,9-10,20H2,1-4H3;1H. The molecule has 0 fully saturated rings. The first kappa shape index (κ1) is 22.3. The second-order valence-electron chi connectivity index (χ2n) is 6.40. The van der Waals surface area contributed by atoms with Gasteiger partial charge in [0.25, 0.3) is 0 Å². The van der Waals surface area contributed by atoms with Crippen LogP contribution < -0.4 is 15.2 Å². The molecule has 0 aromatic heterocycles. The van der Waals surface area contributed by atoms with Gasteiger partial charge in [-0.15, -0.1) is 12.4 Å². The average molecular weight is 399 g/mol. The zero-order valence-corrected chi connectivity index (χ0v) is 17.2. The van der Waals surface area contributed by atoms with Gasteiger partial charge in [-0.25, -0.2) is 13.1 Å². The predicted octanol–water partition coefficient (Wildman–Crippen LogP) is 3.65. The van der Waals surface area contributed by atoms with Crippen LogP contribution in [0.1, 0.15) is 36.5 Å². The summed E-state index contributed by atoms with van der Waals surface area (Å²) in [5.74, 6) is 0.882. The first-order valence-corrected chi connectivity index (χ1v) is 9.75. The van der Waals surface area contributed by atoms with Crippen molar-refractivity contribution in [3.8, 4) is 5.75 Å². The largest absolute Gasteiger partial charge is 0.496 e. The molecule has 2 aromatic carbocycles. The number of hydrogen-bond donors (Lipinski definition) is 2. The summed E-state index contributed by atoms with van der Waals surface area (Å²) in [4.78, 5) is 0.300. The highest BCUT2D eigenvalue weighted by Crippen LogP contribution is 2.31. The Morgan fingerprint density at radius 2 is 1.77 bits per heavy atom. The number of halogens is 1. The van der Waals surface area contributed by atoms with Crippen LogP contribution in [0.4, 0.5) is 5.69 Å². The van der Waals surface area contributed by atoms with Crippen LogP contribution in [0.15, 0.2) is 41.3 Å². The van der Waals surface area contributed by atoms with E-state index in [9.17, 15) is 8.42 Å². The summed E-state index contributed by atoms with van der Waals surface area (Å²) < 4.78 is 33.5. The molecular formula is C19H27ClN2O3S. The van der Waals surface area contributed by atoms with E-state index in [1.54, 1.807) is 26.2 Å². The summed E-state index contributed by atoms with van der Waals surface area (Å²) in [7, 11) is -1.98. The number of methoxy groups -OCH3 is 1. The van der Waals surface area contributed by atoms with Gasteiger partial charge in [-0.2, -0.15) is 0 Å². The van der Waals surface area contributed by atoms with Crippen molar-refractivity contribution in [2.45, 2.75) is 38.0 Å². The number of aryl methyl sites for hydroxylation is 1. The number of benzene rings is 2. The highest BCUT2D eigenvalue weighted by atomic mass is 35.5. The van der Waals surface area contributed by atoms with Gasteiger partial charge >= 0.3 is 0 Å². The molecule has 2 aromatic rings. The molecule has 2 rings (SSSR count). The maximum atomic E-state index is 12.7. The van der Waals surface area contributed by atoms with Crippen molar-refractivity contribution in [2.24, 2.45) is 0 Å². The highest BCUT2D eigenvalue weighted by Gasteiger charge is 2.20. The minimum Gasteiger partial charge on any atom is -0.496 e. The molecule has 26 heavy (non-hydrogen) atoms. The number of nitrogens with two attached hydrogens (primary N) is 1. The summed E-state index contributed by atoms with van der Waals surface area (Å²) in [6.07, 6.45) is 0.603. The van der Waals surface area contributed by atoms with Crippen molar-refractivity contribution >= 4 is 28.1 Å². The molecule has 0 aliphatic heterocycles. The van der Waals surface area contributed by atoms with Gasteiger partial charge < -0.3 is 10.5 Å². The normalized spacial score (nSPS) is 11.3. The lowest BCUT2D eigenvalue weighted by atomic mass is 10.0. The third-order valence-electron chi connectivity index (χ3n) is 4.12. The molecule has 0 amide bonds. The lowest BCUT2D eigenvalue weighted by Crippen LogP contribution is -2.27. The third kappa shape index (κ3) is 5.37. The number of hydrogen-bond acceptors (Lipinski definition) is 4. The van der Waals surface area contributed by atoms with Crippen molar-refractivity contribution < 1.29 is 13.2 Å². The van der Waals surface area contributed by atoms with Crippen LogP contribution in [0.5, 0.6) is 5.75 Å². The van der Waals surface area contributed by atoms with E-state index in [-0.39, 0.29) is 18.3 Å². The molecule has 3 N–H and O–H groups in total. The van der Waals surface area contributed by atoms with Gasteiger partial charge in [-0.05, 0) is 60.2 Å². The summed E-state index contributed by atoms with van der Waals surface area (Å²) in [5.41, 5.74) is 8.93. The van der Waals surface area contributed by atoms with E-state index in [1.165, 1.54) is 0 Å². The molecule has 0 saturated heterocycles. The minimum atomic E-state index is -3.58. The Hall–Kier alpha value is -1.76. The first-order chi connectivity index (χ1) is 11.7. The van der Waals surface area contributed by atoms with Gasteiger partial charge in [-0.1, -0.05) is 26.0 Å².